The van der Waals surface area contributed by atoms with E-state index in [2.05, 4.69) is 10.3 Å². The Balaban J connectivity index is 2.80. The standard InChI is InChI=1S/C10H14N2O2/c1-10(2,3)9(14)12-7-5-4-6-8(13)11-7/h4-6H,1-3H3,(H2,11,12,13,14). The molecule has 0 radical (unpaired) electrons. The maximum atomic E-state index is 11.5. The summed E-state index contributed by atoms with van der Waals surface area (Å²) < 4.78 is 0. The number of carbonyl (C=O) groups is 1. The van der Waals surface area contributed by atoms with E-state index in [0.717, 1.165) is 0 Å². The fraction of sp³-hybridized carbons (Fsp3) is 0.400. The Bertz CT molecular complexity index is 388. The van der Waals surface area contributed by atoms with Gasteiger partial charge in [0.1, 0.15) is 5.82 Å². The molecule has 4 heteroatoms. The lowest BCUT2D eigenvalue weighted by atomic mass is 9.96. The van der Waals surface area contributed by atoms with Crippen molar-refractivity contribution < 1.29 is 4.79 Å². The van der Waals surface area contributed by atoms with E-state index in [0.29, 0.717) is 5.82 Å². The average molecular weight is 194 g/mol. The zero-order valence-corrected chi connectivity index (χ0v) is 8.55. The molecule has 0 unspecified atom stereocenters. The molecule has 0 aliphatic heterocycles. The molecule has 1 aromatic rings. The van der Waals surface area contributed by atoms with Crippen molar-refractivity contribution in [2.45, 2.75) is 20.8 Å². The number of hydrogen-bond acceptors (Lipinski definition) is 2. The van der Waals surface area contributed by atoms with Crippen molar-refractivity contribution in [3.63, 3.8) is 0 Å². The van der Waals surface area contributed by atoms with Crippen LogP contribution in [0.25, 0.3) is 0 Å². The Kier molecular flexibility index (Phi) is 2.74. The molecule has 0 atom stereocenters. The highest BCUT2D eigenvalue weighted by Crippen LogP contribution is 2.15. The van der Waals surface area contributed by atoms with Gasteiger partial charge in [-0.25, -0.2) is 0 Å². The minimum absolute atomic E-state index is 0.126. The van der Waals surface area contributed by atoms with E-state index in [9.17, 15) is 9.59 Å². The summed E-state index contributed by atoms with van der Waals surface area (Å²) in [5.74, 6) is 0.303. The molecule has 1 heterocycles. The molecule has 2 N–H and O–H groups in total. The molecule has 1 amide bonds. The lowest BCUT2D eigenvalue weighted by molar-refractivity contribution is -0.123. The molecule has 1 aromatic heterocycles. The molecule has 0 aliphatic rings. The van der Waals surface area contributed by atoms with Gasteiger partial charge in [0, 0.05) is 11.5 Å². The molecular formula is C10H14N2O2. The van der Waals surface area contributed by atoms with E-state index >= 15 is 0 Å². The summed E-state index contributed by atoms with van der Waals surface area (Å²) in [5.41, 5.74) is -0.691. The highest BCUT2D eigenvalue weighted by atomic mass is 16.2. The van der Waals surface area contributed by atoms with E-state index < -0.39 is 5.41 Å². The number of nitrogens with one attached hydrogen (secondary N) is 2. The topological polar surface area (TPSA) is 62.0 Å². The van der Waals surface area contributed by atoms with E-state index in [4.69, 9.17) is 0 Å². The maximum absolute atomic E-state index is 11.5. The first-order chi connectivity index (χ1) is 6.39. The Labute approximate surface area is 82.3 Å². The summed E-state index contributed by atoms with van der Waals surface area (Å²) in [4.78, 5) is 24.9. The quantitative estimate of drug-likeness (QED) is 0.709. The van der Waals surface area contributed by atoms with Crippen molar-refractivity contribution >= 4 is 11.7 Å². The van der Waals surface area contributed by atoms with Gasteiger partial charge in [-0.3, -0.25) is 9.59 Å². The highest BCUT2D eigenvalue weighted by Gasteiger charge is 2.21. The second kappa shape index (κ2) is 3.65. The van der Waals surface area contributed by atoms with Gasteiger partial charge in [0.05, 0.1) is 0 Å². The molecule has 4 nitrogen and oxygen atoms in total. The lowest BCUT2D eigenvalue weighted by Crippen LogP contribution is -2.28. The first kappa shape index (κ1) is 10.5. The molecule has 14 heavy (non-hydrogen) atoms. The van der Waals surface area contributed by atoms with Crippen molar-refractivity contribution in [3.8, 4) is 0 Å². The van der Waals surface area contributed by atoms with Crippen molar-refractivity contribution in [2.75, 3.05) is 5.32 Å². The SMILES string of the molecule is CC(C)(C)C(=O)Nc1cccc(=O)[nH]1. The molecule has 1 rings (SSSR count). The molecular weight excluding hydrogens is 180 g/mol. The van der Waals surface area contributed by atoms with Gasteiger partial charge in [0.15, 0.2) is 0 Å². The number of pyridine rings is 1. The van der Waals surface area contributed by atoms with Crippen molar-refractivity contribution in [1.82, 2.24) is 4.98 Å². The van der Waals surface area contributed by atoms with Gasteiger partial charge < -0.3 is 10.3 Å². The first-order valence-electron chi connectivity index (χ1n) is 4.40. The molecule has 0 spiro atoms. The van der Waals surface area contributed by atoms with Crippen LogP contribution in [0.2, 0.25) is 0 Å². The number of anilines is 1. The predicted molar refractivity (Wildman–Crippen MR) is 55.1 cm³/mol. The molecule has 76 valence electrons. The van der Waals surface area contributed by atoms with Crippen LogP contribution in [0.5, 0.6) is 0 Å². The fourth-order valence-corrected chi connectivity index (χ4v) is 0.831. The first-order valence-corrected chi connectivity index (χ1v) is 4.40. The molecule has 0 aliphatic carbocycles. The zero-order chi connectivity index (χ0) is 10.8. The van der Waals surface area contributed by atoms with Crippen LogP contribution in [0.1, 0.15) is 20.8 Å². The van der Waals surface area contributed by atoms with Crippen LogP contribution in [0.4, 0.5) is 5.82 Å². The Morgan fingerprint density at radius 3 is 2.50 bits per heavy atom. The number of rotatable bonds is 1. The summed E-state index contributed by atoms with van der Waals surface area (Å²) >= 11 is 0. The number of amides is 1. The third-order valence-corrected chi connectivity index (χ3v) is 1.70. The van der Waals surface area contributed by atoms with Gasteiger partial charge >= 0.3 is 0 Å². The van der Waals surface area contributed by atoms with Gasteiger partial charge in [0.25, 0.3) is 0 Å². The number of aromatic amines is 1. The summed E-state index contributed by atoms with van der Waals surface area (Å²) in [7, 11) is 0. The second-order valence-corrected chi connectivity index (χ2v) is 4.13. The average Bonchev–Trinajstić information content (AvgIpc) is 2.02. The third-order valence-electron chi connectivity index (χ3n) is 1.70. The zero-order valence-electron chi connectivity index (χ0n) is 8.55. The minimum Gasteiger partial charge on any atom is -0.312 e. The summed E-state index contributed by atoms with van der Waals surface area (Å²) in [6, 6.07) is 4.63. The van der Waals surface area contributed by atoms with Gasteiger partial charge in [-0.2, -0.15) is 0 Å². The summed E-state index contributed by atoms with van der Waals surface area (Å²) in [5, 5.41) is 2.63. The number of hydrogen-bond donors (Lipinski definition) is 2. The van der Waals surface area contributed by atoms with Crippen molar-refractivity contribution in [3.05, 3.63) is 28.6 Å². The van der Waals surface area contributed by atoms with E-state index in [1.54, 1.807) is 12.1 Å². The number of aromatic nitrogens is 1. The molecule has 0 bridgehead atoms. The predicted octanol–water partition coefficient (Wildman–Crippen LogP) is 1.36. The Morgan fingerprint density at radius 2 is 2.00 bits per heavy atom. The molecule has 0 aromatic carbocycles. The molecule has 0 fully saturated rings. The van der Waals surface area contributed by atoms with Crippen LogP contribution >= 0.6 is 0 Å². The van der Waals surface area contributed by atoms with Crippen LogP contribution in [0.15, 0.2) is 23.0 Å². The molecule has 0 saturated heterocycles. The van der Waals surface area contributed by atoms with Crippen LogP contribution < -0.4 is 10.9 Å². The number of carbonyl (C=O) groups excluding carboxylic acids is 1. The van der Waals surface area contributed by atoms with Gasteiger partial charge in [-0.15, -0.1) is 0 Å². The van der Waals surface area contributed by atoms with E-state index in [-0.39, 0.29) is 11.5 Å². The minimum atomic E-state index is -0.466. The lowest BCUT2D eigenvalue weighted by Gasteiger charge is -2.17. The monoisotopic (exact) mass is 194 g/mol. The van der Waals surface area contributed by atoms with Crippen molar-refractivity contribution in [1.29, 1.82) is 0 Å². The van der Waals surface area contributed by atoms with Crippen LogP contribution in [-0.2, 0) is 4.79 Å². The Hall–Kier alpha value is -1.58. The second-order valence-electron chi connectivity index (χ2n) is 4.13. The third kappa shape index (κ3) is 2.73. The summed E-state index contributed by atoms with van der Waals surface area (Å²) in [6.07, 6.45) is 0. The summed E-state index contributed by atoms with van der Waals surface area (Å²) in [6.45, 7) is 5.43. The Morgan fingerprint density at radius 1 is 1.36 bits per heavy atom. The van der Waals surface area contributed by atoms with Crippen molar-refractivity contribution in [2.24, 2.45) is 5.41 Å². The van der Waals surface area contributed by atoms with Gasteiger partial charge in [0.2, 0.25) is 11.5 Å². The van der Waals surface area contributed by atoms with E-state index in [1.807, 2.05) is 20.8 Å². The fourth-order valence-electron chi connectivity index (χ4n) is 0.831. The normalized spacial score (nSPS) is 11.1. The maximum Gasteiger partial charge on any atom is 0.249 e. The van der Waals surface area contributed by atoms with Gasteiger partial charge in [-0.05, 0) is 6.07 Å². The smallest absolute Gasteiger partial charge is 0.249 e. The largest absolute Gasteiger partial charge is 0.312 e. The number of H-pyrrole nitrogens is 1. The van der Waals surface area contributed by atoms with Crippen LogP contribution in [-0.4, -0.2) is 10.9 Å². The van der Waals surface area contributed by atoms with E-state index in [1.165, 1.54) is 6.07 Å². The highest BCUT2D eigenvalue weighted by molar-refractivity contribution is 5.93. The van der Waals surface area contributed by atoms with Crippen LogP contribution in [0, 0.1) is 5.41 Å². The molecule has 0 saturated carbocycles. The van der Waals surface area contributed by atoms with Crippen LogP contribution in [0.3, 0.4) is 0 Å². The van der Waals surface area contributed by atoms with Gasteiger partial charge in [-0.1, -0.05) is 26.8 Å².